The molecule has 4 rings (SSSR count). The lowest BCUT2D eigenvalue weighted by atomic mass is 9.99. The quantitative estimate of drug-likeness (QED) is 0.947. The molecular weight excluding hydrogens is 290 g/mol. The fraction of sp³-hybridized carbons (Fsp3) is 0.444. The number of benzene rings is 1. The molecule has 5 heteroatoms. The number of hydrogen-bond acceptors (Lipinski definition) is 4. The van der Waals surface area contributed by atoms with Gasteiger partial charge >= 0.3 is 0 Å². The van der Waals surface area contributed by atoms with Crippen LogP contribution in [0, 0.1) is 0 Å². The summed E-state index contributed by atoms with van der Waals surface area (Å²) < 4.78 is 5.32. The highest BCUT2D eigenvalue weighted by atomic mass is 16.5. The van der Waals surface area contributed by atoms with Crippen LogP contribution in [-0.2, 0) is 0 Å². The predicted octanol–water partition coefficient (Wildman–Crippen LogP) is 2.70. The van der Waals surface area contributed by atoms with Gasteiger partial charge in [-0.25, -0.2) is 0 Å². The Morgan fingerprint density at radius 2 is 2.04 bits per heavy atom. The third-order valence-corrected chi connectivity index (χ3v) is 4.97. The molecule has 2 fully saturated rings. The zero-order valence-corrected chi connectivity index (χ0v) is 13.1. The van der Waals surface area contributed by atoms with Crippen molar-refractivity contribution < 1.29 is 9.32 Å². The molecule has 2 atom stereocenters. The maximum absolute atomic E-state index is 12.5. The number of hydrogen-bond donors (Lipinski definition) is 1. The Balaban J connectivity index is 1.45. The number of nitrogens with zero attached hydrogens (tertiary/aromatic N) is 2. The molecule has 1 N–H and O–H groups in total. The SMILES string of the molecule is O=C(N[C@H]1CCN2CCCC[C@@H]12)c1cc(-c2ccccc2)on1. The molecule has 0 aliphatic carbocycles. The second-order valence-electron chi connectivity index (χ2n) is 6.41. The van der Waals surface area contributed by atoms with E-state index in [0.29, 0.717) is 17.5 Å². The summed E-state index contributed by atoms with van der Waals surface area (Å²) in [5.41, 5.74) is 1.29. The summed E-state index contributed by atoms with van der Waals surface area (Å²) in [6.45, 7) is 2.25. The average molecular weight is 311 g/mol. The lowest BCUT2D eigenvalue weighted by Gasteiger charge is -2.32. The maximum Gasteiger partial charge on any atom is 0.273 e. The normalized spacial score (nSPS) is 24.3. The zero-order chi connectivity index (χ0) is 15.6. The minimum Gasteiger partial charge on any atom is -0.355 e. The second-order valence-corrected chi connectivity index (χ2v) is 6.41. The van der Waals surface area contributed by atoms with Gasteiger partial charge in [-0.05, 0) is 25.8 Å². The maximum atomic E-state index is 12.5. The number of amides is 1. The molecule has 1 aromatic carbocycles. The first-order valence-electron chi connectivity index (χ1n) is 8.38. The van der Waals surface area contributed by atoms with Crippen LogP contribution >= 0.6 is 0 Å². The molecule has 0 spiro atoms. The molecule has 2 aliphatic rings. The van der Waals surface area contributed by atoms with Crippen molar-refractivity contribution in [2.45, 2.75) is 37.8 Å². The lowest BCUT2D eigenvalue weighted by Crippen LogP contribution is -2.46. The van der Waals surface area contributed by atoms with E-state index < -0.39 is 0 Å². The first kappa shape index (κ1) is 14.5. The van der Waals surface area contributed by atoms with Gasteiger partial charge in [0.1, 0.15) is 0 Å². The standard InChI is InChI=1S/C18H21N3O2/c22-18(19-14-9-11-21-10-5-4-8-16(14)21)15-12-17(23-20-15)13-6-2-1-3-7-13/h1-3,6-7,12,14,16H,4-5,8-11H2,(H,19,22)/t14-,16-/m0/s1. The van der Waals surface area contributed by atoms with Crippen LogP contribution in [0.15, 0.2) is 40.9 Å². The van der Waals surface area contributed by atoms with Gasteiger partial charge in [-0.1, -0.05) is 41.9 Å². The van der Waals surface area contributed by atoms with Gasteiger partial charge in [-0.3, -0.25) is 9.69 Å². The van der Waals surface area contributed by atoms with Crippen LogP contribution in [0.2, 0.25) is 0 Å². The summed E-state index contributed by atoms with van der Waals surface area (Å²) in [6.07, 6.45) is 4.75. The van der Waals surface area contributed by atoms with Crippen molar-refractivity contribution in [3.63, 3.8) is 0 Å². The predicted molar refractivity (Wildman–Crippen MR) is 87.0 cm³/mol. The molecule has 120 valence electrons. The molecule has 1 amide bonds. The van der Waals surface area contributed by atoms with E-state index in [1.165, 1.54) is 25.8 Å². The third-order valence-electron chi connectivity index (χ3n) is 4.97. The van der Waals surface area contributed by atoms with E-state index in [-0.39, 0.29) is 11.9 Å². The van der Waals surface area contributed by atoms with Crippen molar-refractivity contribution in [3.05, 3.63) is 42.1 Å². The van der Waals surface area contributed by atoms with E-state index in [0.717, 1.165) is 18.5 Å². The summed E-state index contributed by atoms with van der Waals surface area (Å²) in [6, 6.07) is 12.2. The van der Waals surface area contributed by atoms with E-state index in [2.05, 4.69) is 15.4 Å². The van der Waals surface area contributed by atoms with Crippen molar-refractivity contribution >= 4 is 5.91 Å². The number of nitrogens with one attached hydrogen (secondary N) is 1. The molecular formula is C18H21N3O2. The Kier molecular flexibility index (Phi) is 3.87. The van der Waals surface area contributed by atoms with Crippen LogP contribution in [0.5, 0.6) is 0 Å². The number of aromatic nitrogens is 1. The molecule has 0 unspecified atom stereocenters. The highest BCUT2D eigenvalue weighted by molar-refractivity contribution is 5.93. The van der Waals surface area contributed by atoms with Gasteiger partial charge in [-0.15, -0.1) is 0 Å². The van der Waals surface area contributed by atoms with Crippen LogP contribution in [0.1, 0.15) is 36.2 Å². The Bertz CT molecular complexity index is 683. The number of rotatable bonds is 3. The van der Waals surface area contributed by atoms with Crippen molar-refractivity contribution in [2.75, 3.05) is 13.1 Å². The number of piperidine rings is 1. The van der Waals surface area contributed by atoms with Gasteiger partial charge in [0.15, 0.2) is 11.5 Å². The highest BCUT2D eigenvalue weighted by Crippen LogP contribution is 2.27. The number of carbonyl (C=O) groups excluding carboxylic acids is 1. The highest BCUT2D eigenvalue weighted by Gasteiger charge is 2.36. The molecule has 2 aliphatic heterocycles. The second kappa shape index (κ2) is 6.16. The van der Waals surface area contributed by atoms with Crippen molar-refractivity contribution in [2.24, 2.45) is 0 Å². The van der Waals surface area contributed by atoms with Gasteiger partial charge in [0.05, 0.1) is 0 Å². The van der Waals surface area contributed by atoms with E-state index in [1.54, 1.807) is 6.07 Å². The van der Waals surface area contributed by atoms with Crippen molar-refractivity contribution in [1.82, 2.24) is 15.4 Å². The molecule has 3 heterocycles. The smallest absolute Gasteiger partial charge is 0.273 e. The summed E-state index contributed by atoms with van der Waals surface area (Å²) in [4.78, 5) is 15.0. The van der Waals surface area contributed by atoms with Gasteiger partial charge in [0.25, 0.3) is 5.91 Å². The average Bonchev–Trinajstić information content (AvgIpc) is 3.24. The minimum absolute atomic E-state index is 0.131. The van der Waals surface area contributed by atoms with Crippen LogP contribution in [0.25, 0.3) is 11.3 Å². The van der Waals surface area contributed by atoms with Crippen LogP contribution in [-0.4, -0.2) is 41.1 Å². The van der Waals surface area contributed by atoms with Gasteiger partial charge in [-0.2, -0.15) is 0 Å². The van der Waals surface area contributed by atoms with Crippen LogP contribution in [0.4, 0.5) is 0 Å². The van der Waals surface area contributed by atoms with E-state index in [4.69, 9.17) is 4.52 Å². The van der Waals surface area contributed by atoms with E-state index >= 15 is 0 Å². The fourth-order valence-electron chi connectivity index (χ4n) is 3.78. The molecule has 5 nitrogen and oxygen atoms in total. The van der Waals surface area contributed by atoms with E-state index in [1.807, 2.05) is 30.3 Å². The molecule has 1 aromatic heterocycles. The molecule has 0 saturated carbocycles. The summed E-state index contributed by atoms with van der Waals surface area (Å²) >= 11 is 0. The van der Waals surface area contributed by atoms with Crippen LogP contribution in [0.3, 0.4) is 0 Å². The Labute approximate surface area is 135 Å². The Hall–Kier alpha value is -2.14. The molecule has 0 bridgehead atoms. The Morgan fingerprint density at radius 3 is 2.91 bits per heavy atom. The minimum atomic E-state index is -0.131. The topological polar surface area (TPSA) is 58.4 Å². The van der Waals surface area contributed by atoms with Crippen molar-refractivity contribution in [3.8, 4) is 11.3 Å². The van der Waals surface area contributed by atoms with E-state index in [9.17, 15) is 4.79 Å². The monoisotopic (exact) mass is 311 g/mol. The van der Waals surface area contributed by atoms with Crippen LogP contribution < -0.4 is 5.32 Å². The largest absolute Gasteiger partial charge is 0.355 e. The van der Waals surface area contributed by atoms with Gasteiger partial charge < -0.3 is 9.84 Å². The first-order chi connectivity index (χ1) is 11.3. The molecule has 23 heavy (non-hydrogen) atoms. The number of fused-ring (bicyclic) bond motifs is 1. The van der Waals surface area contributed by atoms with Gasteiger partial charge in [0.2, 0.25) is 0 Å². The fourth-order valence-corrected chi connectivity index (χ4v) is 3.78. The number of carbonyl (C=O) groups is 1. The molecule has 2 saturated heterocycles. The van der Waals surface area contributed by atoms with Gasteiger partial charge in [0, 0.05) is 30.3 Å². The zero-order valence-electron chi connectivity index (χ0n) is 13.1. The van der Waals surface area contributed by atoms with Crippen molar-refractivity contribution in [1.29, 1.82) is 0 Å². The Morgan fingerprint density at radius 1 is 1.17 bits per heavy atom. The molecule has 2 aromatic rings. The molecule has 0 radical (unpaired) electrons. The summed E-state index contributed by atoms with van der Waals surface area (Å²) in [5, 5.41) is 7.09. The summed E-state index contributed by atoms with van der Waals surface area (Å²) in [7, 11) is 0. The third kappa shape index (κ3) is 2.88. The summed E-state index contributed by atoms with van der Waals surface area (Å²) in [5.74, 6) is 0.495. The lowest BCUT2D eigenvalue weighted by molar-refractivity contribution is 0.0906. The first-order valence-corrected chi connectivity index (χ1v) is 8.38.